The van der Waals surface area contributed by atoms with Gasteiger partial charge in [0.05, 0.1) is 32.2 Å². The molecule has 13 nitrogen and oxygen atoms in total. The van der Waals surface area contributed by atoms with Crippen LogP contribution in [0.3, 0.4) is 0 Å². The summed E-state index contributed by atoms with van der Waals surface area (Å²) in [7, 11) is 1.76. The molecule has 0 spiro atoms. The van der Waals surface area contributed by atoms with Gasteiger partial charge in [-0.05, 0) is 44.0 Å². The van der Waals surface area contributed by atoms with Gasteiger partial charge in [-0.3, -0.25) is 4.79 Å². The summed E-state index contributed by atoms with van der Waals surface area (Å²) in [4.78, 5) is 12.4. The molecule has 1 aliphatic heterocycles. The first kappa shape index (κ1) is 32.0. The monoisotopic (exact) mass is 631 g/mol. The molecule has 6 rings (SSSR count). The van der Waals surface area contributed by atoms with Crippen LogP contribution < -0.4 is 14.8 Å². The average Bonchev–Trinajstić information content (AvgIpc) is 3.50. The highest BCUT2D eigenvalue weighted by Gasteiger charge is 2.78. The Balaban J connectivity index is 1.50. The molecule has 1 aromatic carbocycles. The molecule has 7 N–H and O–H groups in total. The predicted octanol–water partition coefficient (Wildman–Crippen LogP) is -0.213. The van der Waals surface area contributed by atoms with Crippen molar-refractivity contribution in [3.63, 3.8) is 0 Å². The van der Waals surface area contributed by atoms with Gasteiger partial charge in [-0.25, -0.2) is 0 Å². The number of aryl methyl sites for hydroxylation is 1. The number of nitrogens with one attached hydrogen (secondary N) is 1. The maximum atomic E-state index is 12.7. The van der Waals surface area contributed by atoms with E-state index in [0.29, 0.717) is 23.1 Å². The fourth-order valence-corrected chi connectivity index (χ4v) is 7.92. The molecule has 0 unspecified atom stereocenters. The standard InChI is InChI=1S/C32H41NO12/c1-3-41-23(37)7-4-17-14-18-9-12-42-24(18)26(43-13-11-33-2)25(17)45-29-32(40)27-19-5-6-21(36)30(27,16-35)10-8-20(19)31(39,28(32)38)22(15-34)44-29/h5-6,8-10,12,14,19-22,27-29,33-36,38-40H,3-4,7,11,13,15-16H2,1-2H3/t19-,20-,21+,22-,27+,28+,29-,30-,31+,32-/m1/s1. The van der Waals surface area contributed by atoms with Crippen molar-refractivity contribution < 1.29 is 58.8 Å². The number of aliphatic hydroxyl groups excluding tert-OH is 4. The molecule has 6 bridgehead atoms. The first-order valence-electron chi connectivity index (χ1n) is 15.3. The number of carbonyl (C=O) groups is 1. The molecular weight excluding hydrogens is 590 g/mol. The number of allylic oxidation sites excluding steroid dienone is 1. The minimum Gasteiger partial charge on any atom is -0.485 e. The van der Waals surface area contributed by atoms with Crippen LogP contribution in [0.5, 0.6) is 11.5 Å². The Morgan fingerprint density at radius 3 is 2.62 bits per heavy atom. The van der Waals surface area contributed by atoms with Gasteiger partial charge < -0.3 is 59.3 Å². The van der Waals surface area contributed by atoms with Crippen LogP contribution in [-0.4, -0.2) is 112 Å². The highest BCUT2D eigenvalue weighted by atomic mass is 16.7. The Morgan fingerprint density at radius 2 is 1.91 bits per heavy atom. The van der Waals surface area contributed by atoms with E-state index < -0.39 is 78.2 Å². The summed E-state index contributed by atoms with van der Waals surface area (Å²) in [5.41, 5.74) is -5.23. The smallest absolute Gasteiger partial charge is 0.306 e. The molecule has 1 saturated heterocycles. The number of likely N-dealkylation sites (N-methyl/N-ethyl adjacent to an activating group) is 1. The molecule has 13 heteroatoms. The summed E-state index contributed by atoms with van der Waals surface area (Å²) in [6, 6.07) is 3.47. The van der Waals surface area contributed by atoms with Gasteiger partial charge in [0.2, 0.25) is 12.0 Å². The second-order valence-corrected chi connectivity index (χ2v) is 12.3. The largest absolute Gasteiger partial charge is 0.485 e. The Morgan fingerprint density at radius 1 is 1.11 bits per heavy atom. The summed E-state index contributed by atoms with van der Waals surface area (Å²) in [5, 5.41) is 72.5. The van der Waals surface area contributed by atoms with Gasteiger partial charge in [0, 0.05) is 35.6 Å². The van der Waals surface area contributed by atoms with Crippen molar-refractivity contribution in [3.8, 4) is 11.5 Å². The van der Waals surface area contributed by atoms with Gasteiger partial charge in [0.25, 0.3) is 0 Å². The van der Waals surface area contributed by atoms with Crippen LogP contribution in [0.15, 0.2) is 47.1 Å². The van der Waals surface area contributed by atoms with E-state index in [1.165, 1.54) is 12.3 Å². The van der Waals surface area contributed by atoms with Crippen LogP contribution in [0.4, 0.5) is 0 Å². The number of ether oxygens (including phenoxy) is 4. The van der Waals surface area contributed by atoms with E-state index in [9.17, 15) is 35.4 Å². The van der Waals surface area contributed by atoms with Crippen molar-refractivity contribution in [3.05, 3.63) is 48.3 Å². The lowest BCUT2D eigenvalue weighted by Crippen LogP contribution is -2.85. The second kappa shape index (κ2) is 12.0. The molecule has 10 atom stereocenters. The SMILES string of the molecule is CCOC(=O)CCc1cc2ccoc2c(OCCNC)c1O[C@H]1O[C@H](CO)[C@]2(O)[C@H](O)[C@]1(O)[C@H]1[C@@H]3C=C[C@H](O)[C@]1(CO)C=C[C@H]32. The molecule has 0 radical (unpaired) electrons. The number of hydrogen-bond acceptors (Lipinski definition) is 13. The highest BCUT2D eigenvalue weighted by Crippen LogP contribution is 2.64. The zero-order valence-electron chi connectivity index (χ0n) is 25.2. The van der Waals surface area contributed by atoms with Crippen molar-refractivity contribution in [2.45, 2.75) is 55.6 Å². The number of aliphatic hydroxyl groups is 6. The van der Waals surface area contributed by atoms with E-state index in [0.717, 1.165) is 0 Å². The molecule has 4 aliphatic rings. The Hall–Kier alpha value is -3.01. The highest BCUT2D eigenvalue weighted by molar-refractivity contribution is 5.87. The van der Waals surface area contributed by atoms with Crippen molar-refractivity contribution in [1.82, 2.24) is 5.32 Å². The molecular formula is C32H41NO12. The Kier molecular flexibility index (Phi) is 8.50. The Labute approximate surface area is 259 Å². The van der Waals surface area contributed by atoms with Crippen LogP contribution in [0.1, 0.15) is 18.9 Å². The molecule has 2 aromatic rings. The minimum absolute atomic E-state index is 0.0112. The number of furan rings is 1. The predicted molar refractivity (Wildman–Crippen MR) is 157 cm³/mol. The van der Waals surface area contributed by atoms with Crippen LogP contribution in [-0.2, 0) is 20.7 Å². The number of fused-ring (bicyclic) bond motifs is 4. The Bertz CT molecular complexity index is 1470. The van der Waals surface area contributed by atoms with Crippen molar-refractivity contribution >= 4 is 16.9 Å². The topological polar surface area (TPSA) is 201 Å². The van der Waals surface area contributed by atoms with E-state index in [1.54, 1.807) is 44.3 Å². The quantitative estimate of drug-likeness (QED) is 0.0923. The number of benzene rings is 1. The lowest BCUT2D eigenvalue weighted by atomic mass is 9.42. The van der Waals surface area contributed by atoms with Crippen molar-refractivity contribution in [2.75, 3.05) is 40.0 Å². The third-order valence-corrected chi connectivity index (χ3v) is 10.0. The number of hydrogen-bond donors (Lipinski definition) is 7. The van der Waals surface area contributed by atoms with E-state index >= 15 is 0 Å². The molecule has 1 aromatic heterocycles. The van der Waals surface area contributed by atoms with E-state index in [4.69, 9.17) is 23.4 Å². The normalized spacial score (nSPS) is 37.9. The molecule has 0 amide bonds. The minimum atomic E-state index is -2.43. The maximum absolute atomic E-state index is 12.7. The van der Waals surface area contributed by atoms with Gasteiger partial charge in [0.1, 0.15) is 24.4 Å². The summed E-state index contributed by atoms with van der Waals surface area (Å²) >= 11 is 0. The molecule has 3 aliphatic carbocycles. The van der Waals surface area contributed by atoms with E-state index in [1.807, 2.05) is 0 Å². The summed E-state index contributed by atoms with van der Waals surface area (Å²) in [5.74, 6) is -2.81. The average molecular weight is 632 g/mol. The third-order valence-electron chi connectivity index (χ3n) is 10.0. The van der Waals surface area contributed by atoms with Gasteiger partial charge in [-0.2, -0.15) is 0 Å². The second-order valence-electron chi connectivity index (χ2n) is 12.3. The molecule has 246 valence electrons. The molecule has 45 heavy (non-hydrogen) atoms. The van der Waals surface area contributed by atoms with Crippen LogP contribution in [0, 0.1) is 23.2 Å². The van der Waals surface area contributed by atoms with Crippen LogP contribution in [0.25, 0.3) is 11.0 Å². The van der Waals surface area contributed by atoms with Gasteiger partial charge >= 0.3 is 5.97 Å². The third kappa shape index (κ3) is 4.63. The molecule has 1 saturated carbocycles. The van der Waals surface area contributed by atoms with Gasteiger partial charge in [-0.1, -0.05) is 24.3 Å². The summed E-state index contributed by atoms with van der Waals surface area (Å²) in [6.45, 7) is 1.24. The molecule has 2 fully saturated rings. The number of carbonyl (C=O) groups excluding carboxylic acids is 1. The summed E-state index contributed by atoms with van der Waals surface area (Å²) < 4.78 is 29.7. The van der Waals surface area contributed by atoms with E-state index in [2.05, 4.69) is 5.32 Å². The van der Waals surface area contributed by atoms with Crippen molar-refractivity contribution in [2.24, 2.45) is 23.2 Å². The van der Waals surface area contributed by atoms with Gasteiger partial charge in [0.15, 0.2) is 16.9 Å². The van der Waals surface area contributed by atoms with Crippen LogP contribution >= 0.6 is 0 Å². The molecule has 2 heterocycles. The lowest BCUT2D eigenvalue weighted by Gasteiger charge is -2.69. The lowest BCUT2D eigenvalue weighted by molar-refractivity contribution is -0.408. The van der Waals surface area contributed by atoms with Crippen LogP contribution in [0.2, 0.25) is 0 Å². The zero-order valence-corrected chi connectivity index (χ0v) is 25.2. The first-order valence-corrected chi connectivity index (χ1v) is 15.3. The fraction of sp³-hybridized carbons (Fsp3) is 0.594. The number of rotatable bonds is 12. The zero-order chi connectivity index (χ0) is 32.1. The first-order chi connectivity index (χ1) is 21.6. The van der Waals surface area contributed by atoms with E-state index in [-0.39, 0.29) is 37.6 Å². The summed E-state index contributed by atoms with van der Waals surface area (Å²) in [6.07, 6.45) is 1.59. The number of esters is 1. The van der Waals surface area contributed by atoms with Gasteiger partial charge in [-0.15, -0.1) is 0 Å². The van der Waals surface area contributed by atoms with Crippen molar-refractivity contribution in [1.29, 1.82) is 0 Å². The fourth-order valence-electron chi connectivity index (χ4n) is 7.92. The maximum Gasteiger partial charge on any atom is 0.306 e.